The maximum atomic E-state index is 12.7. The number of anilines is 1. The van der Waals surface area contributed by atoms with Crippen molar-refractivity contribution in [1.82, 2.24) is 5.43 Å². The van der Waals surface area contributed by atoms with E-state index in [1.54, 1.807) is 29.7 Å². The maximum absolute atomic E-state index is 12.7. The summed E-state index contributed by atoms with van der Waals surface area (Å²) in [7, 11) is 0. The Hall–Kier alpha value is -1.79. The first-order chi connectivity index (χ1) is 8.74. The van der Waals surface area contributed by atoms with Gasteiger partial charge in [-0.25, -0.2) is 4.39 Å². The number of hydrogen-bond donors (Lipinski definition) is 2. The number of hydrogen-bond acceptors (Lipinski definition) is 3. The van der Waals surface area contributed by atoms with Crippen LogP contribution in [0.2, 0.25) is 0 Å². The minimum absolute atomic E-state index is 0.282. The van der Waals surface area contributed by atoms with Gasteiger partial charge in [-0.3, -0.25) is 5.43 Å². The van der Waals surface area contributed by atoms with Crippen LogP contribution in [0.4, 0.5) is 10.1 Å². The van der Waals surface area contributed by atoms with Crippen LogP contribution in [0.1, 0.15) is 4.88 Å². The van der Waals surface area contributed by atoms with E-state index in [1.165, 1.54) is 12.1 Å². The van der Waals surface area contributed by atoms with Crippen molar-refractivity contribution in [2.24, 2.45) is 5.10 Å². The number of benzene rings is 1. The fourth-order valence-corrected chi connectivity index (χ4v) is 1.97. The minimum Gasteiger partial charge on any atom is -0.331 e. The van der Waals surface area contributed by atoms with Crippen LogP contribution >= 0.6 is 23.6 Å². The van der Waals surface area contributed by atoms with Crippen molar-refractivity contribution in [2.75, 3.05) is 5.32 Å². The normalized spacial score (nSPS) is 10.5. The van der Waals surface area contributed by atoms with Crippen LogP contribution in [-0.4, -0.2) is 11.3 Å². The number of rotatable bonds is 3. The molecule has 0 bridgehead atoms. The third kappa shape index (κ3) is 3.90. The lowest BCUT2D eigenvalue weighted by Crippen LogP contribution is -2.23. The van der Waals surface area contributed by atoms with Gasteiger partial charge in [-0.15, -0.1) is 11.3 Å². The number of thiocarbonyl (C=S) groups is 1. The van der Waals surface area contributed by atoms with Crippen molar-refractivity contribution >= 4 is 40.6 Å². The van der Waals surface area contributed by atoms with Crippen molar-refractivity contribution in [1.29, 1.82) is 0 Å². The lowest BCUT2D eigenvalue weighted by Gasteiger charge is -2.06. The largest absolute Gasteiger partial charge is 0.331 e. The molecule has 2 N–H and O–H groups in total. The van der Waals surface area contributed by atoms with Crippen molar-refractivity contribution in [3.05, 3.63) is 52.5 Å². The highest BCUT2D eigenvalue weighted by Gasteiger charge is 1.96. The maximum Gasteiger partial charge on any atom is 0.191 e. The first-order valence-electron chi connectivity index (χ1n) is 5.13. The molecule has 0 saturated heterocycles. The van der Waals surface area contributed by atoms with E-state index in [-0.39, 0.29) is 5.82 Å². The molecule has 2 aromatic rings. The van der Waals surface area contributed by atoms with Gasteiger partial charge in [-0.05, 0) is 47.9 Å². The fraction of sp³-hybridized carbons (Fsp3) is 0. The van der Waals surface area contributed by atoms with Gasteiger partial charge in [0.05, 0.1) is 6.21 Å². The van der Waals surface area contributed by atoms with Gasteiger partial charge in [0.25, 0.3) is 0 Å². The number of halogens is 1. The van der Waals surface area contributed by atoms with Crippen LogP contribution in [-0.2, 0) is 0 Å². The van der Waals surface area contributed by atoms with E-state index in [0.29, 0.717) is 10.8 Å². The summed E-state index contributed by atoms with van der Waals surface area (Å²) in [6.07, 6.45) is 1.68. The van der Waals surface area contributed by atoms with E-state index in [0.717, 1.165) is 4.88 Å². The second kappa shape index (κ2) is 6.23. The lowest BCUT2D eigenvalue weighted by atomic mass is 10.3. The highest BCUT2D eigenvalue weighted by Crippen LogP contribution is 2.08. The van der Waals surface area contributed by atoms with Gasteiger partial charge in [0.2, 0.25) is 0 Å². The van der Waals surface area contributed by atoms with Gasteiger partial charge in [0, 0.05) is 10.6 Å². The average molecular weight is 279 g/mol. The number of nitrogens with zero attached hydrogens (tertiary/aromatic N) is 1. The Kier molecular flexibility index (Phi) is 4.38. The molecule has 0 fully saturated rings. The Labute approximate surface area is 113 Å². The molecule has 0 saturated carbocycles. The van der Waals surface area contributed by atoms with Crippen molar-refractivity contribution in [2.45, 2.75) is 0 Å². The third-order valence-electron chi connectivity index (χ3n) is 2.00. The van der Waals surface area contributed by atoms with Gasteiger partial charge in [0.1, 0.15) is 5.82 Å². The summed E-state index contributed by atoms with van der Waals surface area (Å²) in [4.78, 5) is 1.03. The van der Waals surface area contributed by atoms with Gasteiger partial charge in [-0.2, -0.15) is 5.10 Å². The summed E-state index contributed by atoms with van der Waals surface area (Å²) >= 11 is 6.62. The predicted octanol–water partition coefficient (Wildman–Crippen LogP) is 3.21. The Bertz CT molecular complexity index is 535. The Balaban J connectivity index is 1.84. The topological polar surface area (TPSA) is 36.4 Å². The molecular formula is C12H10FN3S2. The van der Waals surface area contributed by atoms with Crippen LogP contribution in [0.15, 0.2) is 46.9 Å². The van der Waals surface area contributed by atoms with Crippen LogP contribution in [0.25, 0.3) is 0 Å². The molecule has 0 aliphatic heterocycles. The zero-order valence-electron chi connectivity index (χ0n) is 9.26. The first-order valence-corrected chi connectivity index (χ1v) is 6.42. The van der Waals surface area contributed by atoms with Crippen molar-refractivity contribution < 1.29 is 4.39 Å². The molecule has 0 unspecified atom stereocenters. The molecule has 18 heavy (non-hydrogen) atoms. The highest BCUT2D eigenvalue weighted by atomic mass is 32.1. The Morgan fingerprint density at radius 1 is 1.28 bits per heavy atom. The number of nitrogens with one attached hydrogen (secondary N) is 2. The van der Waals surface area contributed by atoms with Crippen molar-refractivity contribution in [3.8, 4) is 0 Å². The van der Waals surface area contributed by atoms with E-state index in [1.807, 2.05) is 17.5 Å². The average Bonchev–Trinajstić information content (AvgIpc) is 2.85. The quantitative estimate of drug-likeness (QED) is 0.514. The molecule has 1 aromatic heterocycles. The molecule has 6 heteroatoms. The minimum atomic E-state index is -0.282. The van der Waals surface area contributed by atoms with Crippen LogP contribution < -0.4 is 10.7 Å². The molecule has 92 valence electrons. The van der Waals surface area contributed by atoms with E-state index >= 15 is 0 Å². The standard InChI is InChI=1S/C12H10FN3S2/c13-9-3-5-10(6-4-9)15-12(17)16-14-8-11-2-1-7-18-11/h1-8H,(H2,15,16,17). The SMILES string of the molecule is Fc1ccc(NC(=S)NN=Cc2cccs2)cc1. The predicted molar refractivity (Wildman–Crippen MR) is 77.7 cm³/mol. The molecule has 0 atom stereocenters. The van der Waals surface area contributed by atoms with E-state index in [2.05, 4.69) is 15.8 Å². The molecule has 0 aliphatic carbocycles. The molecule has 0 spiro atoms. The second-order valence-corrected chi connectivity index (χ2v) is 4.73. The molecule has 1 aromatic carbocycles. The Morgan fingerprint density at radius 3 is 2.72 bits per heavy atom. The zero-order chi connectivity index (χ0) is 12.8. The first kappa shape index (κ1) is 12.7. The van der Waals surface area contributed by atoms with Crippen LogP contribution in [0.5, 0.6) is 0 Å². The molecule has 2 rings (SSSR count). The Morgan fingerprint density at radius 2 is 2.06 bits per heavy atom. The molecule has 0 aliphatic rings. The zero-order valence-corrected chi connectivity index (χ0v) is 10.9. The van der Waals surface area contributed by atoms with E-state index < -0.39 is 0 Å². The van der Waals surface area contributed by atoms with Crippen molar-refractivity contribution in [3.63, 3.8) is 0 Å². The number of hydrazone groups is 1. The summed E-state index contributed by atoms with van der Waals surface area (Å²) in [5.74, 6) is -0.282. The van der Waals surface area contributed by atoms with Gasteiger partial charge < -0.3 is 5.32 Å². The highest BCUT2D eigenvalue weighted by molar-refractivity contribution is 7.80. The molecule has 0 radical (unpaired) electrons. The third-order valence-corrected chi connectivity index (χ3v) is 3.00. The van der Waals surface area contributed by atoms with E-state index in [9.17, 15) is 4.39 Å². The van der Waals surface area contributed by atoms with Gasteiger partial charge >= 0.3 is 0 Å². The van der Waals surface area contributed by atoms with Crippen LogP contribution in [0.3, 0.4) is 0 Å². The molecule has 3 nitrogen and oxygen atoms in total. The smallest absolute Gasteiger partial charge is 0.191 e. The van der Waals surface area contributed by atoms with E-state index in [4.69, 9.17) is 12.2 Å². The molecule has 1 heterocycles. The summed E-state index contributed by atoms with van der Waals surface area (Å²) in [5.41, 5.74) is 3.40. The summed E-state index contributed by atoms with van der Waals surface area (Å²) < 4.78 is 12.7. The lowest BCUT2D eigenvalue weighted by molar-refractivity contribution is 0.628. The molecule has 0 amide bonds. The summed E-state index contributed by atoms with van der Waals surface area (Å²) in [5, 5.41) is 9.20. The molecular weight excluding hydrogens is 269 g/mol. The van der Waals surface area contributed by atoms with Gasteiger partial charge in [-0.1, -0.05) is 6.07 Å². The second-order valence-electron chi connectivity index (χ2n) is 3.35. The van der Waals surface area contributed by atoms with Gasteiger partial charge in [0.15, 0.2) is 5.11 Å². The summed E-state index contributed by atoms with van der Waals surface area (Å²) in [6, 6.07) is 9.83. The fourth-order valence-electron chi connectivity index (χ4n) is 1.21. The monoisotopic (exact) mass is 279 g/mol. The summed E-state index contributed by atoms with van der Waals surface area (Å²) in [6.45, 7) is 0. The number of thiophene rings is 1. The van der Waals surface area contributed by atoms with Crippen LogP contribution in [0, 0.1) is 5.82 Å².